The largest absolute Gasteiger partial charge is 0.493 e. The molecule has 1 amide bonds. The van der Waals surface area contributed by atoms with Crippen LogP contribution in [-0.4, -0.2) is 34.5 Å². The van der Waals surface area contributed by atoms with E-state index < -0.39 is 0 Å². The van der Waals surface area contributed by atoms with Crippen molar-refractivity contribution in [2.24, 2.45) is 0 Å². The van der Waals surface area contributed by atoms with E-state index in [1.165, 1.54) is 11.8 Å². The van der Waals surface area contributed by atoms with Gasteiger partial charge in [0.05, 0.1) is 12.9 Å². The number of nitrogens with zero attached hydrogens (tertiary/aromatic N) is 2. The van der Waals surface area contributed by atoms with Gasteiger partial charge >= 0.3 is 0 Å². The number of benzene rings is 1. The van der Waals surface area contributed by atoms with Crippen LogP contribution >= 0.6 is 11.8 Å². The topological polar surface area (TPSA) is 86.5 Å². The van der Waals surface area contributed by atoms with Crippen molar-refractivity contribution in [3.8, 4) is 11.5 Å². The molecule has 1 aromatic heterocycles. The first kappa shape index (κ1) is 18.1. The molecule has 2 rings (SSSR count). The van der Waals surface area contributed by atoms with Crippen molar-refractivity contribution in [2.45, 2.75) is 38.1 Å². The second-order valence-corrected chi connectivity index (χ2v) is 6.91. The fraction of sp³-hybridized carbons (Fsp3) is 0.438. The van der Waals surface area contributed by atoms with Crippen molar-refractivity contribution in [3.05, 3.63) is 30.2 Å². The summed E-state index contributed by atoms with van der Waals surface area (Å²) in [5.74, 6) is 1.69. The molecule has 24 heavy (non-hydrogen) atoms. The molecular formula is C16H21N3O4S. The third kappa shape index (κ3) is 5.77. The Balaban J connectivity index is 1.84. The zero-order valence-corrected chi connectivity index (χ0v) is 15.0. The summed E-state index contributed by atoms with van der Waals surface area (Å²) >= 11 is 1.19. The quantitative estimate of drug-likeness (QED) is 0.767. The minimum atomic E-state index is -0.264. The Morgan fingerprint density at radius 3 is 2.62 bits per heavy atom. The fourth-order valence-corrected chi connectivity index (χ4v) is 2.39. The lowest BCUT2D eigenvalue weighted by Crippen LogP contribution is -2.41. The molecule has 0 aliphatic rings. The molecule has 0 fully saturated rings. The maximum absolute atomic E-state index is 11.8. The molecule has 0 bridgehead atoms. The summed E-state index contributed by atoms with van der Waals surface area (Å²) in [6.07, 6.45) is 0. The Bertz CT molecular complexity index is 682. The van der Waals surface area contributed by atoms with Gasteiger partial charge in [0.25, 0.3) is 11.1 Å². The predicted molar refractivity (Wildman–Crippen MR) is 90.2 cm³/mol. The van der Waals surface area contributed by atoms with E-state index in [-0.39, 0.29) is 23.8 Å². The predicted octanol–water partition coefficient (Wildman–Crippen LogP) is 2.66. The Labute approximate surface area is 145 Å². The van der Waals surface area contributed by atoms with E-state index in [1.807, 2.05) is 32.9 Å². The number of carbonyl (C=O) groups is 1. The molecule has 2 aromatic rings. The summed E-state index contributed by atoms with van der Waals surface area (Å²) in [7, 11) is 1.58. The van der Waals surface area contributed by atoms with Crippen LogP contribution in [0.3, 0.4) is 0 Å². The first-order valence-electron chi connectivity index (χ1n) is 7.39. The number of ether oxygens (including phenoxy) is 2. The molecule has 0 radical (unpaired) electrons. The highest BCUT2D eigenvalue weighted by Gasteiger charge is 2.15. The number of amides is 1. The lowest BCUT2D eigenvalue weighted by molar-refractivity contribution is -0.119. The molecular weight excluding hydrogens is 330 g/mol. The van der Waals surface area contributed by atoms with Gasteiger partial charge in [-0.2, -0.15) is 0 Å². The second-order valence-electron chi connectivity index (χ2n) is 5.99. The van der Waals surface area contributed by atoms with Crippen molar-refractivity contribution in [1.29, 1.82) is 0 Å². The molecule has 0 aliphatic heterocycles. The van der Waals surface area contributed by atoms with E-state index in [0.717, 1.165) is 0 Å². The smallest absolute Gasteiger partial charge is 0.277 e. The molecule has 130 valence electrons. The third-order valence-electron chi connectivity index (χ3n) is 2.71. The molecule has 1 heterocycles. The molecule has 7 nitrogen and oxygen atoms in total. The van der Waals surface area contributed by atoms with E-state index in [2.05, 4.69) is 15.5 Å². The van der Waals surface area contributed by atoms with Crippen LogP contribution in [-0.2, 0) is 11.4 Å². The van der Waals surface area contributed by atoms with Gasteiger partial charge < -0.3 is 19.2 Å². The molecule has 0 spiro atoms. The SMILES string of the molecule is COc1ccccc1OCc1nnc(SCC(=O)NC(C)(C)C)o1. The zero-order chi connectivity index (χ0) is 17.6. The van der Waals surface area contributed by atoms with Crippen LogP contribution in [0.15, 0.2) is 33.9 Å². The minimum absolute atomic E-state index is 0.0856. The van der Waals surface area contributed by atoms with Crippen LogP contribution in [0.1, 0.15) is 26.7 Å². The summed E-state index contributed by atoms with van der Waals surface area (Å²) in [6.45, 7) is 5.91. The van der Waals surface area contributed by atoms with Gasteiger partial charge in [-0.1, -0.05) is 23.9 Å². The summed E-state index contributed by atoms with van der Waals surface area (Å²) < 4.78 is 16.3. The molecule has 0 atom stereocenters. The Kier molecular flexibility index (Phi) is 6.08. The van der Waals surface area contributed by atoms with E-state index in [1.54, 1.807) is 19.2 Å². The average Bonchev–Trinajstić information content (AvgIpc) is 2.97. The van der Waals surface area contributed by atoms with Crippen LogP contribution in [0.2, 0.25) is 0 Å². The third-order valence-corrected chi connectivity index (χ3v) is 3.53. The molecule has 1 N–H and O–H groups in total. The van der Waals surface area contributed by atoms with Crippen LogP contribution in [0.5, 0.6) is 11.5 Å². The number of aromatic nitrogens is 2. The van der Waals surface area contributed by atoms with E-state index in [9.17, 15) is 4.79 Å². The number of para-hydroxylation sites is 2. The fourth-order valence-electron chi connectivity index (χ4n) is 1.81. The summed E-state index contributed by atoms with van der Waals surface area (Å²) in [5, 5.41) is 11.0. The van der Waals surface area contributed by atoms with Crippen molar-refractivity contribution in [1.82, 2.24) is 15.5 Å². The first-order chi connectivity index (χ1) is 11.4. The second kappa shape index (κ2) is 8.05. The van der Waals surface area contributed by atoms with E-state index in [0.29, 0.717) is 22.6 Å². The molecule has 1 aromatic carbocycles. The van der Waals surface area contributed by atoms with Crippen molar-refractivity contribution in [3.63, 3.8) is 0 Å². The number of hydrogen-bond donors (Lipinski definition) is 1. The highest BCUT2D eigenvalue weighted by molar-refractivity contribution is 7.99. The van der Waals surface area contributed by atoms with Gasteiger partial charge in [0.1, 0.15) is 0 Å². The maximum atomic E-state index is 11.8. The van der Waals surface area contributed by atoms with E-state index in [4.69, 9.17) is 13.9 Å². The van der Waals surface area contributed by atoms with Crippen LogP contribution < -0.4 is 14.8 Å². The van der Waals surface area contributed by atoms with Crippen molar-refractivity contribution < 1.29 is 18.7 Å². The highest BCUT2D eigenvalue weighted by Crippen LogP contribution is 2.26. The lowest BCUT2D eigenvalue weighted by Gasteiger charge is -2.19. The minimum Gasteiger partial charge on any atom is -0.493 e. The number of carbonyl (C=O) groups excluding carboxylic acids is 1. The number of nitrogens with one attached hydrogen (secondary N) is 1. The van der Waals surface area contributed by atoms with Gasteiger partial charge in [-0.15, -0.1) is 10.2 Å². The van der Waals surface area contributed by atoms with Gasteiger partial charge in [-0.3, -0.25) is 4.79 Å². The Hall–Kier alpha value is -2.22. The highest BCUT2D eigenvalue weighted by atomic mass is 32.2. The summed E-state index contributed by atoms with van der Waals surface area (Å²) in [4.78, 5) is 11.8. The lowest BCUT2D eigenvalue weighted by atomic mass is 10.1. The molecule has 0 aliphatic carbocycles. The monoisotopic (exact) mass is 351 g/mol. The van der Waals surface area contributed by atoms with Crippen LogP contribution in [0.25, 0.3) is 0 Å². The molecule has 0 unspecified atom stereocenters. The van der Waals surface area contributed by atoms with Gasteiger partial charge in [-0.05, 0) is 32.9 Å². The molecule has 8 heteroatoms. The van der Waals surface area contributed by atoms with Gasteiger partial charge in [-0.25, -0.2) is 0 Å². The zero-order valence-electron chi connectivity index (χ0n) is 14.2. The Morgan fingerprint density at radius 2 is 1.96 bits per heavy atom. The number of rotatable bonds is 7. The number of methoxy groups -OCH3 is 1. The normalized spacial score (nSPS) is 11.2. The average molecular weight is 351 g/mol. The van der Waals surface area contributed by atoms with Crippen LogP contribution in [0.4, 0.5) is 0 Å². The Morgan fingerprint density at radius 1 is 1.25 bits per heavy atom. The van der Waals surface area contributed by atoms with Crippen molar-refractivity contribution in [2.75, 3.05) is 12.9 Å². The maximum Gasteiger partial charge on any atom is 0.277 e. The first-order valence-corrected chi connectivity index (χ1v) is 8.38. The number of hydrogen-bond acceptors (Lipinski definition) is 7. The van der Waals surface area contributed by atoms with Crippen molar-refractivity contribution >= 4 is 17.7 Å². The number of thioether (sulfide) groups is 1. The molecule has 0 saturated heterocycles. The summed E-state index contributed by atoms with van der Waals surface area (Å²) in [5.41, 5.74) is -0.264. The molecule has 0 saturated carbocycles. The van der Waals surface area contributed by atoms with Crippen LogP contribution in [0, 0.1) is 0 Å². The van der Waals surface area contributed by atoms with E-state index >= 15 is 0 Å². The standard InChI is InChI=1S/C16H21N3O4S/c1-16(2,3)17-13(20)10-24-15-19-18-14(23-15)9-22-12-8-6-5-7-11(12)21-4/h5-8H,9-10H2,1-4H3,(H,17,20). The van der Waals surface area contributed by atoms with Gasteiger partial charge in [0.2, 0.25) is 5.91 Å². The van der Waals surface area contributed by atoms with Gasteiger partial charge in [0.15, 0.2) is 18.1 Å². The van der Waals surface area contributed by atoms with Gasteiger partial charge in [0, 0.05) is 5.54 Å². The summed E-state index contributed by atoms with van der Waals surface area (Å²) in [6, 6.07) is 7.30.